The van der Waals surface area contributed by atoms with E-state index < -0.39 is 0 Å². The molecule has 1 amide bonds. The Bertz CT molecular complexity index is 354. The fraction of sp³-hybridized carbons (Fsp3) is 0.643. The van der Waals surface area contributed by atoms with E-state index >= 15 is 0 Å². The predicted molar refractivity (Wildman–Crippen MR) is 70.3 cm³/mol. The standard InChI is InChI=1S/C14H22N2O2/c1-11(10-12-6-5-9-18-12)16-14(17)13-7-3-2-4-8-15-13/h5-6,9,11,13,15H,2-4,7-8,10H2,1H3,(H,16,17). The highest BCUT2D eigenvalue weighted by atomic mass is 16.3. The molecule has 0 bridgehead atoms. The van der Waals surface area contributed by atoms with Gasteiger partial charge >= 0.3 is 0 Å². The Morgan fingerprint density at radius 1 is 1.56 bits per heavy atom. The first-order valence-electron chi connectivity index (χ1n) is 6.82. The lowest BCUT2D eigenvalue weighted by Gasteiger charge is -2.19. The van der Waals surface area contributed by atoms with Crippen LogP contribution >= 0.6 is 0 Å². The second-order valence-corrected chi connectivity index (χ2v) is 5.05. The molecule has 0 spiro atoms. The SMILES string of the molecule is CC(Cc1ccco1)NC(=O)C1CCCCCN1. The molecule has 2 rings (SSSR count). The molecule has 1 aromatic heterocycles. The zero-order chi connectivity index (χ0) is 12.8. The molecule has 1 aliphatic rings. The molecule has 4 heteroatoms. The molecule has 0 aliphatic carbocycles. The van der Waals surface area contributed by atoms with Crippen LogP contribution in [0.4, 0.5) is 0 Å². The number of hydrogen-bond acceptors (Lipinski definition) is 3. The summed E-state index contributed by atoms with van der Waals surface area (Å²) in [7, 11) is 0. The molecule has 1 fully saturated rings. The van der Waals surface area contributed by atoms with Crippen molar-refractivity contribution in [2.75, 3.05) is 6.54 Å². The Kier molecular flexibility index (Phi) is 4.81. The van der Waals surface area contributed by atoms with Crippen molar-refractivity contribution in [2.24, 2.45) is 0 Å². The van der Waals surface area contributed by atoms with Gasteiger partial charge in [-0.05, 0) is 38.4 Å². The lowest BCUT2D eigenvalue weighted by atomic mass is 10.1. The normalized spacial score (nSPS) is 22.2. The van der Waals surface area contributed by atoms with Gasteiger partial charge in [0.2, 0.25) is 5.91 Å². The summed E-state index contributed by atoms with van der Waals surface area (Å²) in [6.45, 7) is 2.96. The molecule has 100 valence electrons. The van der Waals surface area contributed by atoms with Crippen LogP contribution in [0.3, 0.4) is 0 Å². The molecular weight excluding hydrogens is 228 g/mol. The smallest absolute Gasteiger partial charge is 0.237 e. The highest BCUT2D eigenvalue weighted by molar-refractivity contribution is 5.82. The largest absolute Gasteiger partial charge is 0.469 e. The van der Waals surface area contributed by atoms with E-state index in [4.69, 9.17) is 4.42 Å². The molecule has 2 atom stereocenters. The average molecular weight is 250 g/mol. The maximum Gasteiger partial charge on any atom is 0.237 e. The van der Waals surface area contributed by atoms with Crippen LogP contribution in [0.2, 0.25) is 0 Å². The van der Waals surface area contributed by atoms with E-state index in [1.165, 1.54) is 12.8 Å². The van der Waals surface area contributed by atoms with E-state index in [9.17, 15) is 4.79 Å². The third kappa shape index (κ3) is 3.88. The molecule has 18 heavy (non-hydrogen) atoms. The van der Waals surface area contributed by atoms with Gasteiger partial charge in [0.25, 0.3) is 0 Å². The number of hydrogen-bond donors (Lipinski definition) is 2. The van der Waals surface area contributed by atoms with Crippen molar-refractivity contribution in [2.45, 2.75) is 51.1 Å². The zero-order valence-corrected chi connectivity index (χ0v) is 10.9. The number of carbonyl (C=O) groups is 1. The van der Waals surface area contributed by atoms with Gasteiger partial charge in [-0.2, -0.15) is 0 Å². The molecule has 0 aromatic carbocycles. The van der Waals surface area contributed by atoms with Crippen molar-refractivity contribution in [3.8, 4) is 0 Å². The van der Waals surface area contributed by atoms with Crippen LogP contribution in [-0.2, 0) is 11.2 Å². The van der Waals surface area contributed by atoms with Crippen molar-refractivity contribution in [3.05, 3.63) is 24.2 Å². The maximum atomic E-state index is 12.1. The van der Waals surface area contributed by atoms with E-state index in [1.807, 2.05) is 19.1 Å². The molecule has 1 aliphatic heterocycles. The molecule has 0 saturated carbocycles. The highest BCUT2D eigenvalue weighted by Crippen LogP contribution is 2.09. The topological polar surface area (TPSA) is 54.3 Å². The lowest BCUT2D eigenvalue weighted by molar-refractivity contribution is -0.123. The van der Waals surface area contributed by atoms with Crippen molar-refractivity contribution >= 4 is 5.91 Å². The molecule has 4 nitrogen and oxygen atoms in total. The molecule has 2 heterocycles. The molecule has 2 unspecified atom stereocenters. The number of furan rings is 1. The third-order valence-corrected chi connectivity index (χ3v) is 3.35. The van der Waals surface area contributed by atoms with Gasteiger partial charge in [0.1, 0.15) is 5.76 Å². The van der Waals surface area contributed by atoms with E-state index in [0.717, 1.165) is 31.6 Å². The van der Waals surface area contributed by atoms with Gasteiger partial charge in [0, 0.05) is 12.5 Å². The summed E-state index contributed by atoms with van der Waals surface area (Å²) in [5.41, 5.74) is 0. The molecular formula is C14H22N2O2. The number of carbonyl (C=O) groups excluding carboxylic acids is 1. The number of amides is 1. The first kappa shape index (κ1) is 13.1. The Balaban J connectivity index is 1.78. The minimum absolute atomic E-state index is 0.0217. The van der Waals surface area contributed by atoms with Crippen molar-refractivity contribution < 1.29 is 9.21 Å². The zero-order valence-electron chi connectivity index (χ0n) is 10.9. The third-order valence-electron chi connectivity index (χ3n) is 3.35. The lowest BCUT2D eigenvalue weighted by Crippen LogP contribution is -2.47. The first-order valence-corrected chi connectivity index (χ1v) is 6.82. The van der Waals surface area contributed by atoms with Crippen molar-refractivity contribution in [1.82, 2.24) is 10.6 Å². The Morgan fingerprint density at radius 2 is 2.44 bits per heavy atom. The van der Waals surface area contributed by atoms with Gasteiger partial charge in [-0.3, -0.25) is 4.79 Å². The molecule has 0 radical (unpaired) electrons. The first-order chi connectivity index (χ1) is 8.75. The van der Waals surface area contributed by atoms with Gasteiger partial charge in [-0.15, -0.1) is 0 Å². The fourth-order valence-corrected chi connectivity index (χ4v) is 2.38. The van der Waals surface area contributed by atoms with Crippen LogP contribution in [0, 0.1) is 0 Å². The van der Waals surface area contributed by atoms with Crippen LogP contribution in [0.15, 0.2) is 22.8 Å². The summed E-state index contributed by atoms with van der Waals surface area (Å²) in [6, 6.07) is 3.89. The van der Waals surface area contributed by atoms with E-state index in [-0.39, 0.29) is 18.0 Å². The van der Waals surface area contributed by atoms with Crippen LogP contribution < -0.4 is 10.6 Å². The quantitative estimate of drug-likeness (QED) is 0.857. The van der Waals surface area contributed by atoms with Gasteiger partial charge in [0.15, 0.2) is 0 Å². The molecule has 1 aromatic rings. The van der Waals surface area contributed by atoms with Crippen LogP contribution in [0.1, 0.15) is 38.4 Å². The van der Waals surface area contributed by atoms with E-state index in [0.29, 0.717) is 0 Å². The van der Waals surface area contributed by atoms with E-state index in [1.54, 1.807) is 6.26 Å². The van der Waals surface area contributed by atoms with Gasteiger partial charge in [-0.1, -0.05) is 12.8 Å². The van der Waals surface area contributed by atoms with Crippen LogP contribution in [0.5, 0.6) is 0 Å². The summed E-state index contributed by atoms with van der Waals surface area (Å²) < 4.78 is 5.28. The fourth-order valence-electron chi connectivity index (χ4n) is 2.38. The number of rotatable bonds is 4. The predicted octanol–water partition coefficient (Wildman–Crippen LogP) is 1.86. The molecule has 2 N–H and O–H groups in total. The second kappa shape index (κ2) is 6.59. The Labute approximate surface area is 108 Å². The minimum atomic E-state index is -0.0217. The Hall–Kier alpha value is -1.29. The summed E-state index contributed by atoms with van der Waals surface area (Å²) >= 11 is 0. The van der Waals surface area contributed by atoms with Gasteiger partial charge < -0.3 is 15.1 Å². The van der Waals surface area contributed by atoms with Crippen LogP contribution in [-0.4, -0.2) is 24.5 Å². The van der Waals surface area contributed by atoms with Gasteiger partial charge in [-0.25, -0.2) is 0 Å². The summed E-state index contributed by atoms with van der Waals surface area (Å²) in [6.07, 6.45) is 6.88. The number of nitrogens with one attached hydrogen (secondary N) is 2. The summed E-state index contributed by atoms with van der Waals surface area (Å²) in [5, 5.41) is 6.36. The highest BCUT2D eigenvalue weighted by Gasteiger charge is 2.20. The molecule has 1 saturated heterocycles. The average Bonchev–Trinajstić information content (AvgIpc) is 2.68. The van der Waals surface area contributed by atoms with Crippen molar-refractivity contribution in [3.63, 3.8) is 0 Å². The summed E-state index contributed by atoms with van der Waals surface area (Å²) in [5.74, 6) is 1.03. The minimum Gasteiger partial charge on any atom is -0.469 e. The summed E-state index contributed by atoms with van der Waals surface area (Å²) in [4.78, 5) is 12.1. The Morgan fingerprint density at radius 3 is 3.22 bits per heavy atom. The maximum absolute atomic E-state index is 12.1. The van der Waals surface area contributed by atoms with Crippen molar-refractivity contribution in [1.29, 1.82) is 0 Å². The monoisotopic (exact) mass is 250 g/mol. The second-order valence-electron chi connectivity index (χ2n) is 5.05. The van der Waals surface area contributed by atoms with E-state index in [2.05, 4.69) is 10.6 Å². The van der Waals surface area contributed by atoms with Gasteiger partial charge in [0.05, 0.1) is 12.3 Å². The van der Waals surface area contributed by atoms with Crippen LogP contribution in [0.25, 0.3) is 0 Å².